The van der Waals surface area contributed by atoms with Crippen LogP contribution in [0.5, 0.6) is 0 Å². The Balaban J connectivity index is 1.91. The summed E-state index contributed by atoms with van der Waals surface area (Å²) in [4.78, 5) is 2.74. The maximum Gasteiger partial charge on any atom is 0.0880 e. The summed E-state index contributed by atoms with van der Waals surface area (Å²) < 4.78 is 2.20. The molecule has 4 nitrogen and oxygen atoms in total. The van der Waals surface area contributed by atoms with Gasteiger partial charge < -0.3 is 0 Å². The molecule has 0 amide bonds. The number of benzene rings is 1. The number of hydrogen-bond donors (Lipinski definition) is 0. The van der Waals surface area contributed by atoms with Gasteiger partial charge in [0.2, 0.25) is 0 Å². The summed E-state index contributed by atoms with van der Waals surface area (Å²) in [5.74, 6) is 0. The SMILES string of the molecule is CCCCCCCc1nnn2c1C(CCCCC)N(CCCCC)Cc1ccccc1-2. The molecule has 1 aromatic carbocycles. The molecular weight excluding hydrogens is 380 g/mol. The number of nitrogens with zero attached hydrogens (tertiary/aromatic N) is 4. The normalized spacial score (nSPS) is 16.2. The minimum absolute atomic E-state index is 0.427. The van der Waals surface area contributed by atoms with E-state index in [2.05, 4.69) is 54.6 Å². The van der Waals surface area contributed by atoms with Crippen molar-refractivity contribution in [3.63, 3.8) is 0 Å². The summed E-state index contributed by atoms with van der Waals surface area (Å²) in [5, 5.41) is 9.47. The summed E-state index contributed by atoms with van der Waals surface area (Å²) in [7, 11) is 0. The smallest absolute Gasteiger partial charge is 0.0880 e. The van der Waals surface area contributed by atoms with Gasteiger partial charge in [0, 0.05) is 6.54 Å². The molecule has 4 heteroatoms. The second kappa shape index (κ2) is 13.0. The molecule has 0 saturated heterocycles. The van der Waals surface area contributed by atoms with E-state index in [4.69, 9.17) is 10.3 Å². The Morgan fingerprint density at radius 2 is 1.55 bits per heavy atom. The van der Waals surface area contributed by atoms with E-state index in [9.17, 15) is 0 Å². The molecule has 3 rings (SSSR count). The Hall–Kier alpha value is -1.68. The maximum absolute atomic E-state index is 4.75. The van der Waals surface area contributed by atoms with E-state index in [1.165, 1.54) is 106 Å². The predicted molar refractivity (Wildman–Crippen MR) is 131 cm³/mol. The summed E-state index contributed by atoms with van der Waals surface area (Å²) in [6, 6.07) is 9.26. The minimum atomic E-state index is 0.427. The standard InChI is InChI=1S/C27H44N4/c1-4-7-10-11-13-18-24-27-26(20-12-8-5-2)30(21-16-9-6-3)22-23-17-14-15-19-25(23)31(27)29-28-24/h14-15,17,19,26H,4-13,16,18,20-22H2,1-3H3. The van der Waals surface area contributed by atoms with Crippen molar-refractivity contribution in [3.05, 3.63) is 41.2 Å². The van der Waals surface area contributed by atoms with Crippen LogP contribution >= 0.6 is 0 Å². The first-order chi connectivity index (χ1) is 15.3. The molecule has 1 aromatic heterocycles. The zero-order valence-electron chi connectivity index (χ0n) is 20.3. The van der Waals surface area contributed by atoms with Crippen molar-refractivity contribution >= 4 is 0 Å². The van der Waals surface area contributed by atoms with Crippen LogP contribution in [-0.2, 0) is 13.0 Å². The second-order valence-electron chi connectivity index (χ2n) is 9.32. The molecule has 0 bridgehead atoms. The Morgan fingerprint density at radius 1 is 0.839 bits per heavy atom. The molecule has 0 N–H and O–H groups in total. The van der Waals surface area contributed by atoms with Crippen molar-refractivity contribution in [2.24, 2.45) is 0 Å². The van der Waals surface area contributed by atoms with Crippen molar-refractivity contribution in [1.82, 2.24) is 19.9 Å². The Kier molecular flexibility index (Phi) is 10.1. The van der Waals surface area contributed by atoms with E-state index >= 15 is 0 Å². The third-order valence-corrected chi connectivity index (χ3v) is 6.78. The number of aromatic nitrogens is 3. The van der Waals surface area contributed by atoms with Gasteiger partial charge in [-0.05, 0) is 43.9 Å². The molecule has 31 heavy (non-hydrogen) atoms. The molecule has 0 fully saturated rings. The highest BCUT2D eigenvalue weighted by atomic mass is 15.5. The van der Waals surface area contributed by atoms with E-state index < -0.39 is 0 Å². The number of aryl methyl sites for hydroxylation is 1. The van der Waals surface area contributed by atoms with Crippen molar-refractivity contribution in [1.29, 1.82) is 0 Å². The average Bonchev–Trinajstić information content (AvgIpc) is 3.14. The van der Waals surface area contributed by atoms with Crippen LogP contribution in [0.25, 0.3) is 5.69 Å². The monoisotopic (exact) mass is 424 g/mol. The Bertz CT molecular complexity index is 766. The minimum Gasteiger partial charge on any atom is -0.290 e. The maximum atomic E-state index is 4.75. The second-order valence-corrected chi connectivity index (χ2v) is 9.32. The van der Waals surface area contributed by atoms with Crippen molar-refractivity contribution in [3.8, 4) is 5.69 Å². The molecule has 2 heterocycles. The van der Waals surface area contributed by atoms with Gasteiger partial charge in [0.1, 0.15) is 0 Å². The number of fused-ring (bicyclic) bond motifs is 3. The third kappa shape index (κ3) is 6.41. The number of unbranched alkanes of at least 4 members (excludes halogenated alkanes) is 8. The molecule has 0 aliphatic carbocycles. The van der Waals surface area contributed by atoms with E-state index in [1.807, 2.05) is 0 Å². The van der Waals surface area contributed by atoms with Gasteiger partial charge in [-0.1, -0.05) is 102 Å². The van der Waals surface area contributed by atoms with Gasteiger partial charge in [0.25, 0.3) is 0 Å². The lowest BCUT2D eigenvalue weighted by atomic mass is 9.99. The van der Waals surface area contributed by atoms with Crippen LogP contribution in [-0.4, -0.2) is 26.4 Å². The molecule has 0 saturated carbocycles. The molecule has 1 atom stereocenters. The molecular formula is C27H44N4. The Labute approximate surface area is 190 Å². The van der Waals surface area contributed by atoms with Crippen LogP contribution in [0.1, 0.15) is 121 Å². The lowest BCUT2D eigenvalue weighted by Gasteiger charge is -2.30. The zero-order valence-corrected chi connectivity index (χ0v) is 20.3. The first-order valence-corrected chi connectivity index (χ1v) is 13.1. The highest BCUT2D eigenvalue weighted by molar-refractivity contribution is 5.44. The van der Waals surface area contributed by atoms with Gasteiger partial charge in [-0.25, -0.2) is 4.68 Å². The van der Waals surface area contributed by atoms with Gasteiger partial charge in [0.15, 0.2) is 0 Å². The molecule has 1 unspecified atom stereocenters. The molecule has 0 radical (unpaired) electrons. The molecule has 1 aliphatic rings. The predicted octanol–water partition coefficient (Wildman–Crippen LogP) is 7.41. The summed E-state index contributed by atoms with van der Waals surface area (Å²) in [6.07, 6.45) is 16.5. The highest BCUT2D eigenvalue weighted by Gasteiger charge is 2.31. The largest absolute Gasteiger partial charge is 0.290 e. The van der Waals surface area contributed by atoms with Crippen LogP contribution in [0.3, 0.4) is 0 Å². The number of para-hydroxylation sites is 1. The third-order valence-electron chi connectivity index (χ3n) is 6.78. The van der Waals surface area contributed by atoms with Crippen LogP contribution in [0.2, 0.25) is 0 Å². The van der Waals surface area contributed by atoms with Crippen LogP contribution in [0.4, 0.5) is 0 Å². The lowest BCUT2D eigenvalue weighted by molar-refractivity contribution is 0.170. The fourth-order valence-corrected chi connectivity index (χ4v) is 4.97. The summed E-state index contributed by atoms with van der Waals surface area (Å²) in [5.41, 5.74) is 5.25. The van der Waals surface area contributed by atoms with E-state index in [0.717, 1.165) is 13.0 Å². The van der Waals surface area contributed by atoms with Crippen molar-refractivity contribution in [2.75, 3.05) is 6.54 Å². The quantitative estimate of drug-likeness (QED) is 0.296. The van der Waals surface area contributed by atoms with Crippen LogP contribution < -0.4 is 0 Å². The van der Waals surface area contributed by atoms with Gasteiger partial charge in [-0.3, -0.25) is 4.90 Å². The topological polar surface area (TPSA) is 34.0 Å². The molecule has 2 aromatic rings. The highest BCUT2D eigenvalue weighted by Crippen LogP contribution is 2.36. The average molecular weight is 425 g/mol. The van der Waals surface area contributed by atoms with Crippen molar-refractivity contribution in [2.45, 2.75) is 117 Å². The lowest BCUT2D eigenvalue weighted by Crippen LogP contribution is -2.30. The summed E-state index contributed by atoms with van der Waals surface area (Å²) >= 11 is 0. The van der Waals surface area contributed by atoms with Gasteiger partial charge in [-0.15, -0.1) is 5.10 Å². The fourth-order valence-electron chi connectivity index (χ4n) is 4.97. The zero-order chi connectivity index (χ0) is 21.9. The molecule has 172 valence electrons. The van der Waals surface area contributed by atoms with Gasteiger partial charge in [-0.2, -0.15) is 0 Å². The van der Waals surface area contributed by atoms with E-state index in [0.29, 0.717) is 6.04 Å². The number of rotatable bonds is 14. The first-order valence-electron chi connectivity index (χ1n) is 13.1. The van der Waals surface area contributed by atoms with Gasteiger partial charge >= 0.3 is 0 Å². The van der Waals surface area contributed by atoms with Crippen molar-refractivity contribution < 1.29 is 0 Å². The molecule has 0 spiro atoms. The summed E-state index contributed by atoms with van der Waals surface area (Å²) in [6.45, 7) is 9.07. The van der Waals surface area contributed by atoms with E-state index in [-0.39, 0.29) is 0 Å². The Morgan fingerprint density at radius 3 is 2.35 bits per heavy atom. The number of hydrogen-bond acceptors (Lipinski definition) is 3. The fraction of sp³-hybridized carbons (Fsp3) is 0.704. The molecule has 1 aliphatic heterocycles. The van der Waals surface area contributed by atoms with Crippen LogP contribution in [0, 0.1) is 0 Å². The van der Waals surface area contributed by atoms with E-state index in [1.54, 1.807) is 0 Å². The van der Waals surface area contributed by atoms with Gasteiger partial charge in [0.05, 0.1) is 23.1 Å². The van der Waals surface area contributed by atoms with Crippen LogP contribution in [0.15, 0.2) is 24.3 Å². The first kappa shape index (κ1) is 24.0.